The van der Waals surface area contributed by atoms with Gasteiger partial charge in [-0.25, -0.2) is 13.1 Å². The maximum Gasteiger partial charge on any atom is 0.269 e. The number of carbonyl (C=O) groups excluding carboxylic acids is 3. The van der Waals surface area contributed by atoms with Crippen LogP contribution in [0.25, 0.3) is 0 Å². The molecule has 258 valence electrons. The molecule has 0 aromatic heterocycles. The Morgan fingerprint density at radius 1 is 0.957 bits per heavy atom. The fourth-order valence-electron chi connectivity index (χ4n) is 5.35. The molecule has 2 aromatic carbocycles. The Bertz CT molecular complexity index is 1560. The van der Waals surface area contributed by atoms with Crippen LogP contribution in [0, 0.1) is 21.4 Å². The summed E-state index contributed by atoms with van der Waals surface area (Å²) in [5.74, 6) is -2.31. The van der Waals surface area contributed by atoms with Gasteiger partial charge in [-0.15, -0.1) is 0 Å². The van der Waals surface area contributed by atoms with Crippen LogP contribution in [-0.2, 0) is 35.6 Å². The van der Waals surface area contributed by atoms with Crippen molar-refractivity contribution in [3.63, 3.8) is 0 Å². The zero-order valence-corrected chi connectivity index (χ0v) is 29.8. The second-order valence-electron chi connectivity index (χ2n) is 13.8. The van der Waals surface area contributed by atoms with Gasteiger partial charge in [0.15, 0.2) is 0 Å². The number of nitrogens with zero attached hydrogens (tertiary/aromatic N) is 2. The van der Waals surface area contributed by atoms with E-state index >= 15 is 0 Å². The second kappa shape index (κ2) is 15.7. The predicted molar refractivity (Wildman–Crippen MR) is 183 cm³/mol. The van der Waals surface area contributed by atoms with E-state index in [0.717, 1.165) is 5.56 Å². The minimum Gasteiger partial charge on any atom is -0.342 e. The Morgan fingerprint density at radius 2 is 1.51 bits per heavy atom. The van der Waals surface area contributed by atoms with Crippen molar-refractivity contribution in [2.75, 3.05) is 14.1 Å². The molecule has 3 amide bonds. The quantitative estimate of drug-likeness (QED) is 0.154. The van der Waals surface area contributed by atoms with Crippen LogP contribution < -0.4 is 15.4 Å². The summed E-state index contributed by atoms with van der Waals surface area (Å²) in [6.07, 6.45) is 1.54. The average molecular weight is 672 g/mol. The molecule has 12 nitrogen and oxygen atoms in total. The Morgan fingerprint density at radius 3 is 1.98 bits per heavy atom. The molecule has 0 spiro atoms. The number of hydrogen-bond donors (Lipinski definition) is 3. The Hall–Kier alpha value is -4.10. The van der Waals surface area contributed by atoms with E-state index in [1.54, 1.807) is 14.1 Å². The predicted octanol–water partition coefficient (Wildman–Crippen LogP) is 4.07. The first-order chi connectivity index (χ1) is 21.6. The third kappa shape index (κ3) is 10.4. The first-order valence-corrected chi connectivity index (χ1v) is 17.0. The Kier molecular flexibility index (Phi) is 13.0. The lowest BCUT2D eigenvalue weighted by atomic mass is 9.76. The molecule has 0 aliphatic rings. The molecule has 0 radical (unpaired) electrons. The van der Waals surface area contributed by atoms with Gasteiger partial charge in [0.25, 0.3) is 11.6 Å². The molecule has 0 fully saturated rings. The lowest BCUT2D eigenvalue weighted by Gasteiger charge is -2.40. The van der Waals surface area contributed by atoms with Crippen molar-refractivity contribution in [2.45, 2.75) is 84.7 Å². The number of nitro groups is 1. The number of non-ortho nitro benzene ring substituents is 1. The van der Waals surface area contributed by atoms with Gasteiger partial charge >= 0.3 is 0 Å². The SMILES string of the molecule is CNC(C(=O)NC(C(=O)N(C)C(/C=C(\C)C(=O)NS(=O)(=O)Cc1ccc([N+](=O)[O-])cc1)C(C)C)C(C)(C)C)C(C)(C)c1ccccc1. The van der Waals surface area contributed by atoms with E-state index in [0.29, 0.717) is 0 Å². The number of amides is 3. The molecule has 0 heterocycles. The highest BCUT2D eigenvalue weighted by atomic mass is 32.2. The molecular formula is C34H49N5O7S. The summed E-state index contributed by atoms with van der Waals surface area (Å²) < 4.78 is 27.5. The van der Waals surface area contributed by atoms with Gasteiger partial charge in [0, 0.05) is 30.2 Å². The van der Waals surface area contributed by atoms with Gasteiger partial charge in [0.2, 0.25) is 21.8 Å². The van der Waals surface area contributed by atoms with Crippen molar-refractivity contribution < 1.29 is 27.7 Å². The van der Waals surface area contributed by atoms with Crippen molar-refractivity contribution in [1.82, 2.24) is 20.3 Å². The monoisotopic (exact) mass is 671 g/mol. The lowest BCUT2D eigenvalue weighted by molar-refractivity contribution is -0.384. The van der Waals surface area contributed by atoms with E-state index < -0.39 is 55.6 Å². The second-order valence-corrected chi connectivity index (χ2v) is 15.5. The van der Waals surface area contributed by atoms with Crippen LogP contribution in [0.2, 0.25) is 0 Å². The molecule has 0 aliphatic heterocycles. The summed E-state index contributed by atoms with van der Waals surface area (Å²) >= 11 is 0. The molecule has 0 saturated heterocycles. The van der Waals surface area contributed by atoms with Gasteiger partial charge in [0.05, 0.1) is 22.8 Å². The number of sulfonamides is 1. The summed E-state index contributed by atoms with van der Waals surface area (Å²) in [6.45, 7) is 14.7. The van der Waals surface area contributed by atoms with E-state index in [4.69, 9.17) is 0 Å². The van der Waals surface area contributed by atoms with E-state index in [9.17, 15) is 32.9 Å². The fraction of sp³-hybridized carbons (Fsp3) is 0.500. The van der Waals surface area contributed by atoms with E-state index in [1.807, 2.05) is 83.5 Å². The highest BCUT2D eigenvalue weighted by Crippen LogP contribution is 2.29. The van der Waals surface area contributed by atoms with Gasteiger partial charge in [-0.05, 0) is 36.4 Å². The number of rotatable bonds is 14. The van der Waals surface area contributed by atoms with Crippen LogP contribution in [0.5, 0.6) is 0 Å². The minimum atomic E-state index is -4.14. The van der Waals surface area contributed by atoms with Gasteiger partial charge in [-0.2, -0.15) is 0 Å². The normalized spacial score (nSPS) is 14.6. The molecule has 47 heavy (non-hydrogen) atoms. The van der Waals surface area contributed by atoms with Gasteiger partial charge in [-0.3, -0.25) is 24.5 Å². The third-order valence-electron chi connectivity index (χ3n) is 8.20. The maximum absolute atomic E-state index is 14.1. The number of nitrogens with one attached hydrogen (secondary N) is 3. The molecule has 0 saturated carbocycles. The summed E-state index contributed by atoms with van der Waals surface area (Å²) in [6, 6.07) is 12.4. The summed E-state index contributed by atoms with van der Waals surface area (Å²) in [5, 5.41) is 17.0. The molecule has 0 bridgehead atoms. The van der Waals surface area contributed by atoms with E-state index in [2.05, 4.69) is 10.6 Å². The largest absolute Gasteiger partial charge is 0.342 e. The number of carbonyl (C=O) groups is 3. The average Bonchev–Trinajstić information content (AvgIpc) is 2.97. The van der Waals surface area contributed by atoms with Crippen molar-refractivity contribution in [2.24, 2.45) is 11.3 Å². The minimum absolute atomic E-state index is 0.0758. The van der Waals surface area contributed by atoms with Crippen LogP contribution in [-0.4, -0.2) is 68.2 Å². The highest BCUT2D eigenvalue weighted by Gasteiger charge is 2.41. The van der Waals surface area contributed by atoms with E-state index in [1.165, 1.54) is 42.2 Å². The van der Waals surface area contributed by atoms with Crippen LogP contribution >= 0.6 is 0 Å². The number of hydrogen-bond acceptors (Lipinski definition) is 8. The standard InChI is InChI=1S/C34H49N5O7S/c1-22(2)27(20-23(3)30(40)37-47(45,46)21-24-16-18-26(19-17-24)39(43)44)38(10)32(42)29(33(4,5)6)36-31(41)28(35-9)34(7,8)25-14-12-11-13-15-25/h11-20,22,27-29,35H,21H2,1-10H3,(H,36,41)(H,37,40)/b23-20+. The van der Waals surface area contributed by atoms with Gasteiger partial charge in [-0.1, -0.05) is 97.0 Å². The van der Waals surface area contributed by atoms with Crippen LogP contribution in [0.1, 0.15) is 66.5 Å². The molecule has 0 aliphatic carbocycles. The fourth-order valence-corrected chi connectivity index (χ4v) is 6.50. The van der Waals surface area contributed by atoms with Crippen LogP contribution in [0.4, 0.5) is 5.69 Å². The molecule has 2 rings (SSSR count). The molecule has 2 aromatic rings. The smallest absolute Gasteiger partial charge is 0.269 e. The van der Waals surface area contributed by atoms with Crippen molar-refractivity contribution in [3.8, 4) is 0 Å². The van der Waals surface area contributed by atoms with E-state index in [-0.39, 0.29) is 34.6 Å². The molecule has 3 unspecified atom stereocenters. The Labute approximate surface area is 278 Å². The first-order valence-electron chi connectivity index (χ1n) is 15.4. The van der Waals surface area contributed by atoms with Crippen molar-refractivity contribution in [3.05, 3.63) is 87.5 Å². The van der Waals surface area contributed by atoms with Crippen molar-refractivity contribution >= 4 is 33.4 Å². The summed E-state index contributed by atoms with van der Waals surface area (Å²) in [5.41, 5.74) is -0.168. The highest BCUT2D eigenvalue weighted by molar-refractivity contribution is 7.89. The topological polar surface area (TPSA) is 168 Å². The summed E-state index contributed by atoms with van der Waals surface area (Å²) in [4.78, 5) is 52.6. The first kappa shape index (κ1) is 39.1. The molecule has 3 N–H and O–H groups in total. The molecular weight excluding hydrogens is 622 g/mol. The number of benzene rings is 2. The zero-order valence-electron chi connectivity index (χ0n) is 29.0. The Balaban J connectivity index is 2.28. The molecule has 13 heteroatoms. The van der Waals surface area contributed by atoms with Crippen LogP contribution in [0.15, 0.2) is 66.2 Å². The number of nitro benzene ring substituents is 1. The summed E-state index contributed by atoms with van der Waals surface area (Å²) in [7, 11) is -0.844. The third-order valence-corrected chi connectivity index (χ3v) is 9.41. The van der Waals surface area contributed by atoms with Gasteiger partial charge < -0.3 is 15.5 Å². The maximum atomic E-state index is 14.1. The number of likely N-dealkylation sites (N-methyl/N-ethyl adjacent to an activating group) is 2. The lowest BCUT2D eigenvalue weighted by Crippen LogP contribution is -2.61. The zero-order chi connectivity index (χ0) is 35.9. The van der Waals surface area contributed by atoms with Crippen molar-refractivity contribution in [1.29, 1.82) is 0 Å². The van der Waals surface area contributed by atoms with Gasteiger partial charge in [0.1, 0.15) is 6.04 Å². The van der Waals surface area contributed by atoms with Crippen LogP contribution in [0.3, 0.4) is 0 Å². The molecule has 3 atom stereocenters.